The minimum Gasteiger partial charge on any atom is -0.391 e. The quantitative estimate of drug-likeness (QED) is 0.433. The highest BCUT2D eigenvalue weighted by Crippen LogP contribution is 1.91. The first kappa shape index (κ1) is 6.88. The fourth-order valence-electron chi connectivity index (χ4n) is 0.125. The molecule has 3 nitrogen and oxygen atoms in total. The number of rotatable bonds is 2. The molecule has 0 aromatic carbocycles. The average molecular weight is 105 g/mol. The van der Waals surface area contributed by atoms with Crippen molar-refractivity contribution in [1.82, 2.24) is 0 Å². The van der Waals surface area contributed by atoms with Crippen LogP contribution in [0.4, 0.5) is 0 Å². The molecule has 0 rings (SSSR count). The van der Waals surface area contributed by atoms with Crippen molar-refractivity contribution in [3.8, 4) is 0 Å². The van der Waals surface area contributed by atoms with Crippen molar-refractivity contribution in [3.63, 3.8) is 0 Å². The number of hydrogen-bond acceptors (Lipinski definition) is 3. The fourth-order valence-corrected chi connectivity index (χ4v) is 0.125. The fraction of sp³-hybridized carbons (Fsp3) is 0.750. The second kappa shape index (κ2) is 2.96. The molecular formula is C4H9O3. The zero-order valence-electron chi connectivity index (χ0n) is 4.07. The topological polar surface area (TPSA) is 60.7 Å². The molecule has 3 heteroatoms. The van der Waals surface area contributed by atoms with Crippen LogP contribution in [0.25, 0.3) is 0 Å². The third-order valence-corrected chi connectivity index (χ3v) is 0.647. The van der Waals surface area contributed by atoms with Gasteiger partial charge in [0.25, 0.3) is 0 Å². The van der Waals surface area contributed by atoms with Gasteiger partial charge in [-0.25, -0.2) is 0 Å². The minimum absolute atomic E-state index is 0.546. The van der Waals surface area contributed by atoms with Crippen LogP contribution < -0.4 is 0 Å². The summed E-state index contributed by atoms with van der Waals surface area (Å²) in [7, 11) is 0. The summed E-state index contributed by atoms with van der Waals surface area (Å²) in [5, 5.41) is 24.7. The van der Waals surface area contributed by atoms with Crippen LogP contribution >= 0.6 is 0 Å². The molecular weight excluding hydrogens is 96.0 g/mol. The lowest BCUT2D eigenvalue weighted by molar-refractivity contribution is 0.0245. The second-order valence-corrected chi connectivity index (χ2v) is 1.38. The van der Waals surface area contributed by atoms with E-state index in [1.54, 1.807) is 0 Å². The first-order valence-electron chi connectivity index (χ1n) is 2.02. The molecule has 0 aliphatic carbocycles. The summed E-state index contributed by atoms with van der Waals surface area (Å²) in [5.74, 6) is 0. The Morgan fingerprint density at radius 2 is 1.86 bits per heavy atom. The Kier molecular flexibility index (Phi) is 2.91. The molecule has 0 bridgehead atoms. The van der Waals surface area contributed by atoms with Gasteiger partial charge in [-0.1, -0.05) is 0 Å². The van der Waals surface area contributed by atoms with E-state index in [1.807, 2.05) is 0 Å². The zero-order chi connectivity index (χ0) is 5.86. The van der Waals surface area contributed by atoms with Crippen molar-refractivity contribution >= 4 is 0 Å². The normalized spacial score (nSPS) is 18.9. The molecule has 2 unspecified atom stereocenters. The predicted molar refractivity (Wildman–Crippen MR) is 23.9 cm³/mol. The van der Waals surface area contributed by atoms with Crippen LogP contribution in [0.5, 0.6) is 0 Å². The Hall–Kier alpha value is -0.120. The summed E-state index contributed by atoms with van der Waals surface area (Å²) in [6.07, 6.45) is -2.00. The van der Waals surface area contributed by atoms with Crippen LogP contribution in [0.1, 0.15) is 6.92 Å². The van der Waals surface area contributed by atoms with Gasteiger partial charge in [0.2, 0.25) is 0 Å². The van der Waals surface area contributed by atoms with E-state index in [-0.39, 0.29) is 0 Å². The molecule has 0 fully saturated rings. The smallest absolute Gasteiger partial charge is 0.111 e. The highest BCUT2D eigenvalue weighted by molar-refractivity contribution is 4.67. The number of aliphatic hydroxyl groups excluding tert-OH is 3. The molecule has 0 aromatic heterocycles. The Bertz CT molecular complexity index is 44.2. The van der Waals surface area contributed by atoms with Crippen molar-refractivity contribution in [2.24, 2.45) is 0 Å². The lowest BCUT2D eigenvalue weighted by Gasteiger charge is -2.07. The van der Waals surface area contributed by atoms with E-state index < -0.39 is 12.2 Å². The first-order valence-corrected chi connectivity index (χ1v) is 2.02. The van der Waals surface area contributed by atoms with Gasteiger partial charge in [-0.15, -0.1) is 0 Å². The molecule has 0 heterocycles. The van der Waals surface area contributed by atoms with Gasteiger partial charge in [0.15, 0.2) is 0 Å². The average Bonchev–Trinajstić information content (AvgIpc) is 1.65. The van der Waals surface area contributed by atoms with Crippen LogP contribution in [0.3, 0.4) is 0 Å². The van der Waals surface area contributed by atoms with Crippen LogP contribution in [-0.4, -0.2) is 27.5 Å². The Morgan fingerprint density at radius 3 is 1.86 bits per heavy atom. The van der Waals surface area contributed by atoms with Crippen LogP contribution in [0.2, 0.25) is 0 Å². The zero-order valence-corrected chi connectivity index (χ0v) is 4.07. The SMILES string of the molecule is CC(O)C(O)[CH]O. The maximum Gasteiger partial charge on any atom is 0.111 e. The molecule has 0 saturated heterocycles. The summed E-state index contributed by atoms with van der Waals surface area (Å²) in [6, 6.07) is 0. The van der Waals surface area contributed by atoms with E-state index in [4.69, 9.17) is 15.3 Å². The molecule has 0 aromatic rings. The van der Waals surface area contributed by atoms with Crippen LogP contribution in [0, 0.1) is 6.61 Å². The molecule has 1 radical (unpaired) electrons. The highest BCUT2D eigenvalue weighted by Gasteiger charge is 2.07. The van der Waals surface area contributed by atoms with Gasteiger partial charge in [-0.05, 0) is 6.92 Å². The summed E-state index contributed by atoms with van der Waals surface area (Å²) in [4.78, 5) is 0. The second-order valence-electron chi connectivity index (χ2n) is 1.38. The molecule has 43 valence electrons. The van der Waals surface area contributed by atoms with Crippen molar-refractivity contribution in [2.45, 2.75) is 19.1 Å². The maximum absolute atomic E-state index is 8.38. The van der Waals surface area contributed by atoms with E-state index in [9.17, 15) is 0 Å². The van der Waals surface area contributed by atoms with E-state index in [0.29, 0.717) is 6.61 Å². The summed E-state index contributed by atoms with van der Waals surface area (Å²) in [5.41, 5.74) is 0. The predicted octanol–water partition coefficient (Wildman–Crippen LogP) is -0.738. The molecule has 0 spiro atoms. The van der Waals surface area contributed by atoms with Gasteiger partial charge < -0.3 is 15.3 Å². The number of hydrogen-bond donors (Lipinski definition) is 3. The monoisotopic (exact) mass is 105 g/mol. The molecule has 7 heavy (non-hydrogen) atoms. The third kappa shape index (κ3) is 2.56. The minimum atomic E-state index is -1.11. The van der Waals surface area contributed by atoms with Gasteiger partial charge in [0.1, 0.15) is 12.7 Å². The largest absolute Gasteiger partial charge is 0.391 e. The lowest BCUT2D eigenvalue weighted by atomic mass is 10.2. The van der Waals surface area contributed by atoms with Gasteiger partial charge >= 0.3 is 0 Å². The standard InChI is InChI=1S/C4H9O3/c1-3(6)4(7)2-5/h2-7H,1H3. The molecule has 2 atom stereocenters. The summed E-state index contributed by atoms with van der Waals surface area (Å²) >= 11 is 0. The van der Waals surface area contributed by atoms with E-state index in [2.05, 4.69) is 0 Å². The Balaban J connectivity index is 3.14. The van der Waals surface area contributed by atoms with E-state index >= 15 is 0 Å². The molecule has 0 saturated carbocycles. The van der Waals surface area contributed by atoms with Crippen LogP contribution in [-0.2, 0) is 0 Å². The summed E-state index contributed by atoms with van der Waals surface area (Å²) in [6.45, 7) is 1.93. The van der Waals surface area contributed by atoms with Gasteiger partial charge in [0, 0.05) is 0 Å². The molecule has 3 N–H and O–H groups in total. The summed E-state index contributed by atoms with van der Waals surface area (Å²) < 4.78 is 0. The molecule has 0 amide bonds. The first-order chi connectivity index (χ1) is 3.18. The van der Waals surface area contributed by atoms with Crippen molar-refractivity contribution < 1.29 is 15.3 Å². The van der Waals surface area contributed by atoms with E-state index in [0.717, 1.165) is 0 Å². The van der Waals surface area contributed by atoms with E-state index in [1.165, 1.54) is 6.92 Å². The highest BCUT2D eigenvalue weighted by atomic mass is 16.4. The van der Waals surface area contributed by atoms with Gasteiger partial charge in [0.05, 0.1) is 6.10 Å². The van der Waals surface area contributed by atoms with Gasteiger partial charge in [-0.3, -0.25) is 0 Å². The lowest BCUT2D eigenvalue weighted by Crippen LogP contribution is -2.22. The Labute approximate surface area is 42.2 Å². The maximum atomic E-state index is 8.38. The van der Waals surface area contributed by atoms with Crippen molar-refractivity contribution in [3.05, 3.63) is 6.61 Å². The van der Waals surface area contributed by atoms with Gasteiger partial charge in [-0.2, -0.15) is 0 Å². The number of aliphatic hydroxyl groups is 3. The van der Waals surface area contributed by atoms with Crippen molar-refractivity contribution in [1.29, 1.82) is 0 Å². The molecule has 0 aliphatic rings. The Morgan fingerprint density at radius 1 is 1.43 bits per heavy atom. The van der Waals surface area contributed by atoms with Crippen LogP contribution in [0.15, 0.2) is 0 Å². The molecule has 0 aliphatic heterocycles. The van der Waals surface area contributed by atoms with Crippen molar-refractivity contribution in [2.75, 3.05) is 0 Å². The third-order valence-electron chi connectivity index (χ3n) is 0.647.